The topological polar surface area (TPSA) is 77.8 Å². The Morgan fingerprint density at radius 2 is 1.81 bits per heavy atom. The normalized spacial score (nSPS) is 17.2. The first-order valence-corrected chi connectivity index (χ1v) is 12.8. The third kappa shape index (κ3) is 4.30. The van der Waals surface area contributed by atoms with Crippen LogP contribution in [-0.4, -0.2) is 46.2 Å². The molecular formula is C30H31N5O. The Morgan fingerprint density at radius 1 is 1.03 bits per heavy atom. The number of fused-ring (bicyclic) bond motifs is 1. The van der Waals surface area contributed by atoms with Crippen molar-refractivity contribution in [3.8, 4) is 17.5 Å². The fourth-order valence-corrected chi connectivity index (χ4v) is 5.59. The van der Waals surface area contributed by atoms with Crippen LogP contribution in [0.2, 0.25) is 0 Å². The van der Waals surface area contributed by atoms with Gasteiger partial charge < -0.3 is 9.72 Å². The number of ether oxygens (including phenoxy) is 1. The van der Waals surface area contributed by atoms with Crippen molar-refractivity contribution >= 4 is 11.0 Å². The van der Waals surface area contributed by atoms with Crippen LogP contribution in [-0.2, 0) is 11.3 Å². The number of hydrogen-bond donors (Lipinski definition) is 1. The molecule has 4 aromatic rings. The van der Waals surface area contributed by atoms with Crippen molar-refractivity contribution in [2.45, 2.75) is 45.1 Å². The van der Waals surface area contributed by atoms with Gasteiger partial charge in [0.2, 0.25) is 0 Å². The lowest BCUT2D eigenvalue weighted by molar-refractivity contribution is 0.00729. The lowest BCUT2D eigenvalue weighted by atomic mass is 9.88. The van der Waals surface area contributed by atoms with Crippen LogP contribution in [0.25, 0.3) is 22.4 Å². The summed E-state index contributed by atoms with van der Waals surface area (Å²) in [5.41, 5.74) is 10.2. The molecule has 6 rings (SSSR count). The third-order valence-corrected chi connectivity index (χ3v) is 7.88. The fraction of sp³-hybridized carbons (Fsp3) is 0.367. The van der Waals surface area contributed by atoms with Crippen molar-refractivity contribution < 1.29 is 4.74 Å². The smallest absolute Gasteiger partial charge is 0.138 e. The van der Waals surface area contributed by atoms with Gasteiger partial charge in [-0.3, -0.25) is 9.88 Å². The zero-order valence-corrected chi connectivity index (χ0v) is 20.9. The van der Waals surface area contributed by atoms with Gasteiger partial charge in [0.1, 0.15) is 11.3 Å². The standard InChI is InChI=1S/C30H31N5O/c1-19-13-20(2)26(30-33-27-7-10-32-28(29(27)34-30)25-17-36-18-25)14-24(19)16-35-11-8-23(9-12-35)22-5-3-21(15-31)4-6-22/h3-7,10,13-14,23,25H,8-9,11-12,16-18H2,1-2H3,(H,33,34). The first-order chi connectivity index (χ1) is 17.6. The summed E-state index contributed by atoms with van der Waals surface area (Å²) >= 11 is 0. The monoisotopic (exact) mass is 477 g/mol. The molecule has 182 valence electrons. The molecule has 36 heavy (non-hydrogen) atoms. The number of nitrogens with one attached hydrogen (secondary N) is 1. The van der Waals surface area contributed by atoms with Gasteiger partial charge in [-0.25, -0.2) is 4.98 Å². The van der Waals surface area contributed by atoms with E-state index in [1.165, 1.54) is 22.3 Å². The number of aromatic nitrogens is 3. The van der Waals surface area contributed by atoms with Crippen molar-refractivity contribution in [1.82, 2.24) is 19.9 Å². The van der Waals surface area contributed by atoms with Crippen LogP contribution in [0.15, 0.2) is 48.7 Å². The summed E-state index contributed by atoms with van der Waals surface area (Å²) in [5.74, 6) is 1.83. The highest BCUT2D eigenvalue weighted by molar-refractivity contribution is 5.82. The molecule has 0 radical (unpaired) electrons. The number of aryl methyl sites for hydroxylation is 2. The van der Waals surface area contributed by atoms with Gasteiger partial charge >= 0.3 is 0 Å². The lowest BCUT2D eigenvalue weighted by Crippen LogP contribution is -2.32. The number of H-pyrrole nitrogens is 1. The van der Waals surface area contributed by atoms with E-state index in [1.807, 2.05) is 24.4 Å². The van der Waals surface area contributed by atoms with Crippen molar-refractivity contribution in [2.75, 3.05) is 26.3 Å². The van der Waals surface area contributed by atoms with Crippen LogP contribution in [0.4, 0.5) is 0 Å². The zero-order chi connectivity index (χ0) is 24.6. The predicted octanol–water partition coefficient (Wildman–Crippen LogP) is 5.61. The second kappa shape index (κ2) is 9.50. The summed E-state index contributed by atoms with van der Waals surface area (Å²) in [7, 11) is 0. The summed E-state index contributed by atoms with van der Waals surface area (Å²) < 4.78 is 5.40. The maximum Gasteiger partial charge on any atom is 0.138 e. The molecule has 0 unspecified atom stereocenters. The molecule has 0 atom stereocenters. The van der Waals surface area contributed by atoms with Gasteiger partial charge in [-0.05, 0) is 92.2 Å². The summed E-state index contributed by atoms with van der Waals surface area (Å²) in [6.45, 7) is 8.94. The van der Waals surface area contributed by atoms with E-state index in [0.717, 1.165) is 79.4 Å². The van der Waals surface area contributed by atoms with Crippen LogP contribution in [0.1, 0.15) is 58.2 Å². The van der Waals surface area contributed by atoms with E-state index in [1.54, 1.807) is 0 Å². The van der Waals surface area contributed by atoms with Crippen molar-refractivity contribution in [3.63, 3.8) is 0 Å². The summed E-state index contributed by atoms with van der Waals surface area (Å²) in [6.07, 6.45) is 4.16. The Labute approximate surface area is 212 Å². The number of nitrogens with zero attached hydrogens (tertiary/aromatic N) is 4. The van der Waals surface area contributed by atoms with Gasteiger partial charge in [0.05, 0.1) is 42.0 Å². The molecule has 0 spiro atoms. The van der Waals surface area contributed by atoms with Gasteiger partial charge in [0, 0.05) is 18.3 Å². The van der Waals surface area contributed by atoms with Gasteiger partial charge in [0.25, 0.3) is 0 Å². The minimum atomic E-state index is 0.340. The van der Waals surface area contributed by atoms with Gasteiger partial charge in [-0.15, -0.1) is 0 Å². The number of rotatable bonds is 5. The highest BCUT2D eigenvalue weighted by atomic mass is 16.5. The SMILES string of the molecule is Cc1cc(C)c(-c2nc3c(C4COC4)nccc3[nH]2)cc1CN1CCC(c2ccc(C#N)cc2)CC1. The molecule has 2 aromatic carbocycles. The van der Waals surface area contributed by atoms with E-state index in [2.05, 4.69) is 59.1 Å². The molecule has 2 saturated heterocycles. The third-order valence-electron chi connectivity index (χ3n) is 7.88. The van der Waals surface area contributed by atoms with Crippen LogP contribution < -0.4 is 0 Å². The Kier molecular flexibility index (Phi) is 6.04. The Morgan fingerprint density at radius 3 is 2.50 bits per heavy atom. The molecule has 0 saturated carbocycles. The first kappa shape index (κ1) is 22.9. The highest BCUT2D eigenvalue weighted by Crippen LogP contribution is 2.33. The Hall–Kier alpha value is -3.53. The second-order valence-corrected chi connectivity index (χ2v) is 10.3. The van der Waals surface area contributed by atoms with E-state index in [0.29, 0.717) is 11.8 Å². The molecular weight excluding hydrogens is 446 g/mol. The number of hydrogen-bond acceptors (Lipinski definition) is 5. The highest BCUT2D eigenvalue weighted by Gasteiger charge is 2.26. The zero-order valence-electron chi connectivity index (χ0n) is 20.9. The molecule has 0 aliphatic carbocycles. The molecule has 0 bridgehead atoms. The average Bonchev–Trinajstić information content (AvgIpc) is 3.30. The quantitative estimate of drug-likeness (QED) is 0.404. The second-order valence-electron chi connectivity index (χ2n) is 10.3. The fourth-order valence-electron chi connectivity index (χ4n) is 5.59. The maximum atomic E-state index is 9.06. The number of imidazole rings is 1. The number of piperidine rings is 1. The van der Waals surface area contributed by atoms with Crippen molar-refractivity contribution in [3.05, 3.63) is 82.2 Å². The molecule has 2 fully saturated rings. The molecule has 6 heteroatoms. The van der Waals surface area contributed by atoms with Crippen LogP contribution in [0.3, 0.4) is 0 Å². The molecule has 2 aliphatic heterocycles. The number of benzene rings is 2. The van der Waals surface area contributed by atoms with E-state index in [9.17, 15) is 0 Å². The molecule has 2 aliphatic rings. The van der Waals surface area contributed by atoms with Crippen molar-refractivity contribution in [1.29, 1.82) is 5.26 Å². The van der Waals surface area contributed by atoms with E-state index >= 15 is 0 Å². The Balaban J connectivity index is 1.20. The van der Waals surface area contributed by atoms with E-state index in [-0.39, 0.29) is 0 Å². The number of likely N-dealkylation sites (tertiary alicyclic amines) is 1. The van der Waals surface area contributed by atoms with Crippen LogP contribution in [0.5, 0.6) is 0 Å². The molecule has 2 aromatic heterocycles. The minimum Gasteiger partial charge on any atom is -0.380 e. The minimum absolute atomic E-state index is 0.340. The summed E-state index contributed by atoms with van der Waals surface area (Å²) in [5, 5.41) is 9.06. The van der Waals surface area contributed by atoms with Crippen molar-refractivity contribution in [2.24, 2.45) is 0 Å². The van der Waals surface area contributed by atoms with E-state index in [4.69, 9.17) is 15.0 Å². The molecule has 4 heterocycles. The number of aromatic amines is 1. The van der Waals surface area contributed by atoms with Crippen LogP contribution >= 0.6 is 0 Å². The largest absolute Gasteiger partial charge is 0.380 e. The maximum absolute atomic E-state index is 9.06. The summed E-state index contributed by atoms with van der Waals surface area (Å²) in [4.78, 5) is 15.8. The summed E-state index contributed by atoms with van der Waals surface area (Å²) in [6, 6.07) is 17.0. The lowest BCUT2D eigenvalue weighted by Gasteiger charge is -2.32. The Bertz CT molecular complexity index is 1440. The van der Waals surface area contributed by atoms with Gasteiger partial charge in [-0.1, -0.05) is 18.2 Å². The number of pyridine rings is 1. The van der Waals surface area contributed by atoms with Gasteiger partial charge in [0.15, 0.2) is 0 Å². The first-order valence-electron chi connectivity index (χ1n) is 12.8. The van der Waals surface area contributed by atoms with E-state index < -0.39 is 0 Å². The molecule has 1 N–H and O–H groups in total. The average molecular weight is 478 g/mol. The van der Waals surface area contributed by atoms with Gasteiger partial charge in [-0.2, -0.15) is 5.26 Å². The molecule has 6 nitrogen and oxygen atoms in total. The molecule has 0 amide bonds. The van der Waals surface area contributed by atoms with Crippen LogP contribution in [0, 0.1) is 25.2 Å². The number of nitriles is 1. The predicted molar refractivity (Wildman–Crippen MR) is 141 cm³/mol.